The fourth-order valence-electron chi connectivity index (χ4n) is 3.23. The van der Waals surface area contributed by atoms with E-state index in [0.717, 1.165) is 23.5 Å². The van der Waals surface area contributed by atoms with Crippen molar-refractivity contribution >= 4 is 5.91 Å². The lowest BCUT2D eigenvalue weighted by Crippen LogP contribution is -2.26. The zero-order valence-corrected chi connectivity index (χ0v) is 13.4. The molecule has 1 aromatic carbocycles. The molecule has 0 bridgehead atoms. The second-order valence-electron chi connectivity index (χ2n) is 6.41. The van der Waals surface area contributed by atoms with E-state index >= 15 is 0 Å². The molecule has 1 aliphatic rings. The second kappa shape index (κ2) is 8.06. The van der Waals surface area contributed by atoms with Crippen LogP contribution >= 0.6 is 0 Å². The molecule has 3 N–H and O–H groups in total. The average molecular weight is 305 g/mol. The third-order valence-corrected chi connectivity index (χ3v) is 4.65. The number of carbonyl (C=O) groups is 1. The molecule has 0 aliphatic heterocycles. The van der Waals surface area contributed by atoms with Crippen LogP contribution in [0, 0.1) is 12.8 Å². The highest BCUT2D eigenvalue weighted by molar-refractivity contribution is 5.75. The van der Waals surface area contributed by atoms with E-state index in [-0.39, 0.29) is 17.4 Å². The van der Waals surface area contributed by atoms with Gasteiger partial charge in [-0.1, -0.05) is 32.1 Å². The van der Waals surface area contributed by atoms with Crippen molar-refractivity contribution in [2.24, 2.45) is 5.92 Å². The largest absolute Gasteiger partial charge is 0.504 e. The van der Waals surface area contributed by atoms with E-state index in [4.69, 9.17) is 0 Å². The molecule has 0 atom stereocenters. The van der Waals surface area contributed by atoms with Crippen LogP contribution in [0.1, 0.15) is 56.1 Å². The Hall–Kier alpha value is -1.71. The van der Waals surface area contributed by atoms with E-state index in [1.165, 1.54) is 32.1 Å². The first-order chi connectivity index (χ1) is 10.6. The summed E-state index contributed by atoms with van der Waals surface area (Å²) >= 11 is 0. The molecule has 22 heavy (non-hydrogen) atoms. The lowest BCUT2D eigenvalue weighted by atomic mass is 9.86. The monoisotopic (exact) mass is 305 g/mol. The Morgan fingerprint density at radius 3 is 2.59 bits per heavy atom. The van der Waals surface area contributed by atoms with Crippen molar-refractivity contribution in [3.63, 3.8) is 0 Å². The number of hydrogen-bond acceptors (Lipinski definition) is 3. The van der Waals surface area contributed by atoms with Crippen LogP contribution in [0.3, 0.4) is 0 Å². The van der Waals surface area contributed by atoms with E-state index in [0.29, 0.717) is 19.4 Å². The van der Waals surface area contributed by atoms with E-state index < -0.39 is 0 Å². The lowest BCUT2D eigenvalue weighted by Gasteiger charge is -2.21. The topological polar surface area (TPSA) is 69.6 Å². The van der Waals surface area contributed by atoms with Crippen molar-refractivity contribution in [2.75, 3.05) is 6.54 Å². The van der Waals surface area contributed by atoms with Gasteiger partial charge in [0.1, 0.15) is 0 Å². The van der Waals surface area contributed by atoms with Crippen molar-refractivity contribution in [1.29, 1.82) is 0 Å². The SMILES string of the molecule is Cc1cc(O)c(O)cc1CCNC(=O)CCC1CCCCC1. The first kappa shape index (κ1) is 16.7. The minimum atomic E-state index is -0.107. The number of phenolic OH excluding ortho intramolecular Hbond substituents is 2. The molecule has 1 amide bonds. The van der Waals surface area contributed by atoms with Crippen molar-refractivity contribution in [3.8, 4) is 11.5 Å². The van der Waals surface area contributed by atoms with Crippen molar-refractivity contribution in [2.45, 2.75) is 58.3 Å². The predicted molar refractivity (Wildman–Crippen MR) is 87.0 cm³/mol. The molecule has 1 fully saturated rings. The van der Waals surface area contributed by atoms with Crippen molar-refractivity contribution in [3.05, 3.63) is 23.3 Å². The molecule has 1 aromatic rings. The third kappa shape index (κ3) is 4.93. The van der Waals surface area contributed by atoms with Gasteiger partial charge in [-0.25, -0.2) is 0 Å². The molecular weight excluding hydrogens is 278 g/mol. The zero-order valence-electron chi connectivity index (χ0n) is 13.4. The van der Waals surface area contributed by atoms with E-state index in [9.17, 15) is 15.0 Å². The number of aryl methyl sites for hydroxylation is 1. The molecule has 0 spiro atoms. The van der Waals surface area contributed by atoms with Gasteiger partial charge in [-0.2, -0.15) is 0 Å². The predicted octanol–water partition coefficient (Wildman–Crippen LogP) is 3.43. The van der Waals surface area contributed by atoms with E-state index in [2.05, 4.69) is 5.32 Å². The number of benzene rings is 1. The van der Waals surface area contributed by atoms with Gasteiger partial charge < -0.3 is 15.5 Å². The molecule has 0 heterocycles. The summed E-state index contributed by atoms with van der Waals surface area (Å²) in [7, 11) is 0. The molecule has 0 aromatic heterocycles. The highest BCUT2D eigenvalue weighted by atomic mass is 16.3. The number of phenols is 2. The molecule has 1 aliphatic carbocycles. The van der Waals surface area contributed by atoms with Gasteiger partial charge in [-0.3, -0.25) is 4.79 Å². The summed E-state index contributed by atoms with van der Waals surface area (Å²) in [6.45, 7) is 2.45. The van der Waals surface area contributed by atoms with E-state index in [1.807, 2.05) is 6.92 Å². The Labute approximate surface area is 132 Å². The van der Waals surface area contributed by atoms with Crippen LogP contribution in [0.4, 0.5) is 0 Å². The van der Waals surface area contributed by atoms with Crippen LogP contribution in [0.2, 0.25) is 0 Å². The smallest absolute Gasteiger partial charge is 0.220 e. The maximum atomic E-state index is 11.9. The number of amides is 1. The number of carbonyl (C=O) groups excluding carboxylic acids is 1. The first-order valence-corrected chi connectivity index (χ1v) is 8.34. The Morgan fingerprint density at radius 2 is 1.86 bits per heavy atom. The van der Waals surface area contributed by atoms with E-state index in [1.54, 1.807) is 12.1 Å². The summed E-state index contributed by atoms with van der Waals surface area (Å²) in [5, 5.41) is 21.9. The summed E-state index contributed by atoms with van der Waals surface area (Å²) in [4.78, 5) is 11.9. The summed E-state index contributed by atoms with van der Waals surface area (Å²) in [5.41, 5.74) is 1.87. The van der Waals surface area contributed by atoms with Crippen LogP contribution < -0.4 is 5.32 Å². The zero-order chi connectivity index (χ0) is 15.9. The standard InChI is InChI=1S/C18H27NO3/c1-13-11-16(20)17(21)12-15(13)9-10-19-18(22)8-7-14-5-3-2-4-6-14/h11-12,14,20-21H,2-10H2,1H3,(H,19,22). The van der Waals surface area contributed by atoms with Gasteiger partial charge in [0.05, 0.1) is 0 Å². The summed E-state index contributed by atoms with van der Waals surface area (Å²) in [5.74, 6) is 0.643. The molecule has 0 saturated heterocycles. The van der Waals surface area contributed by atoms with Gasteiger partial charge in [-0.15, -0.1) is 0 Å². The number of aromatic hydroxyl groups is 2. The number of hydrogen-bond donors (Lipinski definition) is 3. The molecule has 1 saturated carbocycles. The van der Waals surface area contributed by atoms with Crippen LogP contribution in [0.15, 0.2) is 12.1 Å². The maximum Gasteiger partial charge on any atom is 0.220 e. The number of nitrogens with one attached hydrogen (secondary N) is 1. The van der Waals surface area contributed by atoms with Crippen LogP contribution in [0.25, 0.3) is 0 Å². The highest BCUT2D eigenvalue weighted by Gasteiger charge is 2.14. The molecule has 2 rings (SSSR count). The van der Waals surface area contributed by atoms with Crippen LogP contribution in [-0.4, -0.2) is 22.7 Å². The molecule has 122 valence electrons. The second-order valence-corrected chi connectivity index (χ2v) is 6.41. The fraction of sp³-hybridized carbons (Fsp3) is 0.611. The number of rotatable bonds is 6. The van der Waals surface area contributed by atoms with Gasteiger partial charge >= 0.3 is 0 Å². The Morgan fingerprint density at radius 1 is 1.18 bits per heavy atom. The summed E-state index contributed by atoms with van der Waals surface area (Å²) in [6.07, 6.45) is 8.82. The van der Waals surface area contributed by atoms with Gasteiger partial charge in [0.2, 0.25) is 5.91 Å². The summed E-state index contributed by atoms with van der Waals surface area (Å²) in [6, 6.07) is 3.12. The lowest BCUT2D eigenvalue weighted by molar-refractivity contribution is -0.121. The Bertz CT molecular complexity index is 507. The fourth-order valence-corrected chi connectivity index (χ4v) is 3.23. The van der Waals surface area contributed by atoms with Gasteiger partial charge in [0.25, 0.3) is 0 Å². The molecule has 0 radical (unpaired) electrons. The minimum absolute atomic E-state index is 0.0993. The van der Waals surface area contributed by atoms with Gasteiger partial charge in [0, 0.05) is 13.0 Å². The molecule has 0 unspecified atom stereocenters. The molecule has 4 heteroatoms. The van der Waals surface area contributed by atoms with Crippen LogP contribution in [0.5, 0.6) is 11.5 Å². The van der Waals surface area contributed by atoms with Gasteiger partial charge in [-0.05, 0) is 48.9 Å². The quantitative estimate of drug-likeness (QED) is 0.705. The van der Waals surface area contributed by atoms with Crippen molar-refractivity contribution < 1.29 is 15.0 Å². The molecule has 4 nitrogen and oxygen atoms in total. The Balaban J connectivity index is 1.69. The Kier molecular flexibility index (Phi) is 6.10. The summed E-state index contributed by atoms with van der Waals surface area (Å²) < 4.78 is 0. The average Bonchev–Trinajstić information content (AvgIpc) is 2.51. The normalized spacial score (nSPS) is 15.7. The molecular formula is C18H27NO3. The third-order valence-electron chi connectivity index (χ3n) is 4.65. The highest BCUT2D eigenvalue weighted by Crippen LogP contribution is 2.28. The van der Waals surface area contributed by atoms with Gasteiger partial charge in [0.15, 0.2) is 11.5 Å². The first-order valence-electron chi connectivity index (χ1n) is 8.34. The maximum absolute atomic E-state index is 11.9. The van der Waals surface area contributed by atoms with Crippen LogP contribution in [-0.2, 0) is 11.2 Å². The van der Waals surface area contributed by atoms with Crippen molar-refractivity contribution in [1.82, 2.24) is 5.32 Å². The minimum Gasteiger partial charge on any atom is -0.504 e.